The molecule has 1 aliphatic rings. The number of rotatable bonds is 6. The van der Waals surface area contributed by atoms with Gasteiger partial charge in [-0.1, -0.05) is 0 Å². The largest absolute Gasteiger partial charge is 0.481 e. The van der Waals surface area contributed by atoms with E-state index >= 15 is 0 Å². The van der Waals surface area contributed by atoms with Gasteiger partial charge >= 0.3 is 6.09 Å². The number of fused-ring (bicyclic) bond motifs is 1. The van der Waals surface area contributed by atoms with Crippen LogP contribution in [0.1, 0.15) is 32.8 Å². The van der Waals surface area contributed by atoms with Gasteiger partial charge in [0, 0.05) is 36.8 Å². The van der Waals surface area contributed by atoms with Gasteiger partial charge in [0.1, 0.15) is 5.82 Å². The molecule has 3 heterocycles. The van der Waals surface area contributed by atoms with E-state index in [1.54, 1.807) is 32.9 Å². The topological polar surface area (TPSA) is 99.0 Å². The van der Waals surface area contributed by atoms with Crippen LogP contribution in [0.3, 0.4) is 0 Å². The Morgan fingerprint density at radius 3 is 2.77 bits per heavy atom. The van der Waals surface area contributed by atoms with Crippen molar-refractivity contribution in [3.8, 4) is 5.88 Å². The average Bonchev–Trinajstić information content (AvgIpc) is 3.05. The van der Waals surface area contributed by atoms with E-state index in [2.05, 4.69) is 9.97 Å². The molecular formula is C21H29FN4O4. The maximum atomic E-state index is 14.5. The lowest BCUT2D eigenvalue weighted by atomic mass is 9.98. The molecule has 1 saturated heterocycles. The first kappa shape index (κ1) is 22.2. The van der Waals surface area contributed by atoms with E-state index in [4.69, 9.17) is 4.74 Å². The molecule has 1 fully saturated rings. The first-order valence-corrected chi connectivity index (χ1v) is 9.96. The highest BCUT2D eigenvalue weighted by atomic mass is 19.1. The number of carbonyl (C=O) groups is 1. The number of carboxylic acid groups (broad SMARTS) is 1. The van der Waals surface area contributed by atoms with E-state index in [1.165, 1.54) is 18.2 Å². The van der Waals surface area contributed by atoms with Gasteiger partial charge in [-0.25, -0.2) is 14.2 Å². The van der Waals surface area contributed by atoms with Crippen LogP contribution >= 0.6 is 0 Å². The number of aromatic nitrogens is 2. The SMILES string of the molecule is COc1ccc2ncc(F)c(CCN3CCC(O)(CN(C(=O)O)C(C)(C)C)C3)c2n1. The zero-order valence-corrected chi connectivity index (χ0v) is 17.9. The van der Waals surface area contributed by atoms with Crippen LogP contribution in [0.4, 0.5) is 9.18 Å². The molecule has 1 unspecified atom stereocenters. The van der Waals surface area contributed by atoms with Gasteiger partial charge in [0.25, 0.3) is 0 Å². The fourth-order valence-corrected chi connectivity index (χ4v) is 3.85. The summed E-state index contributed by atoms with van der Waals surface area (Å²) in [5.74, 6) is -0.0369. The standard InChI is InChI=1S/C21H29FN4O4/c1-20(2,3)26(19(27)28)13-21(29)8-10-25(12-21)9-7-14-15(22)11-23-16-5-6-17(30-4)24-18(14)16/h5-6,11,29H,7-10,12-13H2,1-4H3,(H,27,28). The normalized spacial score (nSPS) is 19.9. The lowest BCUT2D eigenvalue weighted by molar-refractivity contribution is -0.00852. The third-order valence-corrected chi connectivity index (χ3v) is 5.53. The van der Waals surface area contributed by atoms with Crippen molar-refractivity contribution in [3.63, 3.8) is 0 Å². The molecule has 3 rings (SSSR count). The molecule has 0 spiro atoms. The van der Waals surface area contributed by atoms with Gasteiger partial charge in [0.15, 0.2) is 0 Å². The average molecular weight is 420 g/mol. The first-order chi connectivity index (χ1) is 14.0. The minimum atomic E-state index is -1.13. The summed E-state index contributed by atoms with van der Waals surface area (Å²) >= 11 is 0. The Hall–Kier alpha value is -2.52. The lowest BCUT2D eigenvalue weighted by Crippen LogP contribution is -2.54. The molecule has 0 aromatic carbocycles. The van der Waals surface area contributed by atoms with Crippen LogP contribution < -0.4 is 4.74 Å². The van der Waals surface area contributed by atoms with Gasteiger partial charge in [-0.3, -0.25) is 9.88 Å². The summed E-state index contributed by atoms with van der Waals surface area (Å²) < 4.78 is 19.6. The van der Waals surface area contributed by atoms with Gasteiger partial charge in [-0.05, 0) is 39.7 Å². The van der Waals surface area contributed by atoms with E-state index < -0.39 is 23.1 Å². The summed E-state index contributed by atoms with van der Waals surface area (Å²) in [4.78, 5) is 23.3. The summed E-state index contributed by atoms with van der Waals surface area (Å²) in [6.45, 7) is 6.89. The number of pyridine rings is 2. The molecule has 1 aliphatic heterocycles. The molecule has 2 aromatic heterocycles. The summed E-state index contributed by atoms with van der Waals surface area (Å²) in [7, 11) is 1.50. The van der Waals surface area contributed by atoms with Crippen LogP contribution in [0.2, 0.25) is 0 Å². The maximum Gasteiger partial charge on any atom is 0.407 e. The third-order valence-electron chi connectivity index (χ3n) is 5.53. The quantitative estimate of drug-likeness (QED) is 0.741. The maximum absolute atomic E-state index is 14.5. The molecule has 2 N–H and O–H groups in total. The summed E-state index contributed by atoms with van der Waals surface area (Å²) in [5.41, 5.74) is -0.234. The van der Waals surface area contributed by atoms with Crippen molar-refractivity contribution in [3.05, 3.63) is 29.7 Å². The lowest BCUT2D eigenvalue weighted by Gasteiger charge is -2.38. The number of methoxy groups -OCH3 is 1. The molecule has 1 amide bonds. The van der Waals surface area contributed by atoms with Gasteiger partial charge in [0.2, 0.25) is 5.88 Å². The molecule has 2 aromatic rings. The van der Waals surface area contributed by atoms with Crippen LogP contribution in [0.25, 0.3) is 11.0 Å². The number of hydrogen-bond acceptors (Lipinski definition) is 6. The smallest absolute Gasteiger partial charge is 0.407 e. The van der Waals surface area contributed by atoms with Crippen molar-refractivity contribution >= 4 is 17.1 Å². The number of aliphatic hydroxyl groups is 1. The fourth-order valence-electron chi connectivity index (χ4n) is 3.85. The van der Waals surface area contributed by atoms with Crippen molar-refractivity contribution < 1.29 is 24.1 Å². The number of hydrogen-bond donors (Lipinski definition) is 2. The third kappa shape index (κ3) is 4.79. The van der Waals surface area contributed by atoms with Gasteiger partial charge < -0.3 is 19.8 Å². The molecule has 0 saturated carbocycles. The van der Waals surface area contributed by atoms with Crippen LogP contribution in [0, 0.1) is 5.82 Å². The molecule has 30 heavy (non-hydrogen) atoms. The van der Waals surface area contributed by atoms with Crippen LogP contribution in [0.5, 0.6) is 5.88 Å². The van der Waals surface area contributed by atoms with Crippen molar-refractivity contribution in [1.82, 2.24) is 19.8 Å². The molecule has 0 bridgehead atoms. The minimum Gasteiger partial charge on any atom is -0.481 e. The van der Waals surface area contributed by atoms with E-state index in [0.29, 0.717) is 55.0 Å². The highest BCUT2D eigenvalue weighted by molar-refractivity contribution is 5.78. The second-order valence-corrected chi connectivity index (χ2v) is 8.85. The van der Waals surface area contributed by atoms with Crippen LogP contribution in [-0.4, -0.2) is 80.5 Å². The summed E-state index contributed by atoms with van der Waals surface area (Å²) in [6.07, 6.45) is 0.988. The zero-order chi connectivity index (χ0) is 22.1. The highest BCUT2D eigenvalue weighted by Crippen LogP contribution is 2.27. The van der Waals surface area contributed by atoms with Crippen LogP contribution in [-0.2, 0) is 6.42 Å². The Kier molecular flexibility index (Phi) is 6.14. The Balaban J connectivity index is 1.71. The second kappa shape index (κ2) is 8.31. The minimum absolute atomic E-state index is 0.0354. The molecule has 0 aliphatic carbocycles. The molecule has 0 radical (unpaired) electrons. The molecule has 9 heteroatoms. The fraction of sp³-hybridized carbons (Fsp3) is 0.571. The van der Waals surface area contributed by atoms with Gasteiger partial charge in [0.05, 0.1) is 36.5 Å². The molecule has 164 valence electrons. The monoisotopic (exact) mass is 420 g/mol. The van der Waals surface area contributed by atoms with Crippen molar-refractivity contribution in [2.24, 2.45) is 0 Å². The second-order valence-electron chi connectivity index (χ2n) is 8.85. The Labute approximate surface area is 175 Å². The van der Waals surface area contributed by atoms with Crippen molar-refractivity contribution in [2.75, 3.05) is 33.3 Å². The predicted molar refractivity (Wildman–Crippen MR) is 110 cm³/mol. The number of β-amino-alcohol motifs (C(OH)–C–C–N with tert-alkyl or cyclic N) is 1. The number of halogens is 1. The number of likely N-dealkylation sites (tertiary alicyclic amines) is 1. The van der Waals surface area contributed by atoms with E-state index in [-0.39, 0.29) is 6.54 Å². The van der Waals surface area contributed by atoms with Crippen molar-refractivity contribution in [1.29, 1.82) is 0 Å². The van der Waals surface area contributed by atoms with Crippen molar-refractivity contribution in [2.45, 2.75) is 44.8 Å². The number of ether oxygens (including phenoxy) is 1. The Morgan fingerprint density at radius 1 is 1.40 bits per heavy atom. The van der Waals surface area contributed by atoms with Gasteiger partial charge in [-0.15, -0.1) is 0 Å². The van der Waals surface area contributed by atoms with Gasteiger partial charge in [-0.2, -0.15) is 0 Å². The number of amides is 1. The highest BCUT2D eigenvalue weighted by Gasteiger charge is 2.41. The molecular weight excluding hydrogens is 391 g/mol. The molecule has 8 nitrogen and oxygen atoms in total. The first-order valence-electron chi connectivity index (χ1n) is 9.96. The predicted octanol–water partition coefficient (Wildman–Crippen LogP) is 2.54. The number of nitrogens with zero attached hydrogens (tertiary/aromatic N) is 4. The zero-order valence-electron chi connectivity index (χ0n) is 17.9. The Morgan fingerprint density at radius 2 is 2.13 bits per heavy atom. The van der Waals surface area contributed by atoms with E-state index in [9.17, 15) is 19.4 Å². The summed E-state index contributed by atoms with van der Waals surface area (Å²) in [6, 6.07) is 3.42. The van der Waals surface area contributed by atoms with E-state index in [0.717, 1.165) is 0 Å². The molecule has 1 atom stereocenters. The van der Waals surface area contributed by atoms with Crippen LogP contribution in [0.15, 0.2) is 18.3 Å². The van der Waals surface area contributed by atoms with E-state index in [1.807, 2.05) is 4.90 Å². The summed E-state index contributed by atoms with van der Waals surface area (Å²) in [5, 5.41) is 20.5. The Bertz CT molecular complexity index is 933.